The summed E-state index contributed by atoms with van der Waals surface area (Å²) >= 11 is 0. The number of piperidine rings is 1. The summed E-state index contributed by atoms with van der Waals surface area (Å²) in [4.78, 5) is 19.4. The normalized spacial score (nSPS) is 41.3. The predicted octanol–water partition coefficient (Wildman–Crippen LogP) is 6.89. The third-order valence-corrected chi connectivity index (χ3v) is 12.9. The molecule has 5 heteroatoms. The van der Waals surface area contributed by atoms with E-state index < -0.39 is 0 Å². The average Bonchev–Trinajstić information content (AvgIpc) is 3.30. The summed E-state index contributed by atoms with van der Waals surface area (Å²) in [6, 6.07) is 3.86. The number of fused-ring (bicyclic) bond motifs is 5. The van der Waals surface area contributed by atoms with E-state index in [1.165, 1.54) is 44.9 Å². The van der Waals surface area contributed by atoms with Crippen LogP contribution < -0.4 is 4.74 Å². The second-order valence-electron chi connectivity index (χ2n) is 14.7. The van der Waals surface area contributed by atoms with Gasteiger partial charge in [0.1, 0.15) is 11.9 Å². The van der Waals surface area contributed by atoms with Crippen LogP contribution in [0.3, 0.4) is 0 Å². The highest BCUT2D eigenvalue weighted by molar-refractivity contribution is 5.76. The number of likely N-dealkylation sites (tertiary alicyclic amines) is 1. The third kappa shape index (κ3) is 5.15. The minimum absolute atomic E-state index is 0.0561. The molecule has 0 radical (unpaired) electrons. The number of ether oxygens (including phenoxy) is 1. The lowest BCUT2D eigenvalue weighted by atomic mass is 9.44. The van der Waals surface area contributed by atoms with E-state index in [1.54, 1.807) is 12.4 Å². The van der Waals surface area contributed by atoms with Gasteiger partial charge in [-0.3, -0.25) is 9.78 Å². The van der Waals surface area contributed by atoms with Gasteiger partial charge in [-0.05, 0) is 123 Å². The number of pyridine rings is 1. The van der Waals surface area contributed by atoms with Gasteiger partial charge in [-0.15, -0.1) is 0 Å². The second kappa shape index (κ2) is 11.0. The smallest absolute Gasteiger partial charge is 0.222 e. The van der Waals surface area contributed by atoms with Crippen molar-refractivity contribution in [3.8, 4) is 5.75 Å². The lowest BCUT2D eigenvalue weighted by molar-refractivity contribution is -0.134. The van der Waals surface area contributed by atoms with E-state index >= 15 is 0 Å². The Hall–Kier alpha value is -1.62. The Balaban J connectivity index is 1.01. The van der Waals surface area contributed by atoms with Gasteiger partial charge in [0.15, 0.2) is 0 Å². The van der Waals surface area contributed by atoms with Crippen LogP contribution >= 0.6 is 0 Å². The molecule has 4 aliphatic carbocycles. The number of aliphatic hydroxyl groups excluding tert-OH is 1. The Labute approximate surface area is 236 Å². The predicted molar refractivity (Wildman–Crippen MR) is 154 cm³/mol. The maximum Gasteiger partial charge on any atom is 0.222 e. The number of hydrogen-bond donors (Lipinski definition) is 1. The minimum atomic E-state index is -0.0561. The van der Waals surface area contributed by atoms with Crippen LogP contribution in [-0.2, 0) is 4.79 Å². The molecule has 1 aromatic rings. The van der Waals surface area contributed by atoms with Crippen molar-refractivity contribution in [2.45, 2.75) is 116 Å². The van der Waals surface area contributed by atoms with Gasteiger partial charge in [-0.1, -0.05) is 20.8 Å². The van der Waals surface area contributed by atoms with Crippen LogP contribution in [0, 0.1) is 46.3 Å². The Morgan fingerprint density at radius 1 is 1.05 bits per heavy atom. The Kier molecular flexibility index (Phi) is 7.76. The number of aromatic nitrogens is 1. The van der Waals surface area contributed by atoms with Gasteiger partial charge >= 0.3 is 0 Å². The first kappa shape index (κ1) is 27.5. The van der Waals surface area contributed by atoms with Gasteiger partial charge in [-0.25, -0.2) is 0 Å². The van der Waals surface area contributed by atoms with Crippen molar-refractivity contribution < 1.29 is 14.6 Å². The van der Waals surface area contributed by atoms with Crippen LogP contribution in [0.1, 0.15) is 104 Å². The van der Waals surface area contributed by atoms with Crippen LogP contribution in [0.2, 0.25) is 0 Å². The van der Waals surface area contributed by atoms with Crippen molar-refractivity contribution in [1.82, 2.24) is 9.88 Å². The molecule has 216 valence electrons. The average molecular weight is 537 g/mol. The number of nitrogens with zero attached hydrogens (tertiary/aromatic N) is 2. The highest BCUT2D eigenvalue weighted by Gasteiger charge is 2.60. The fourth-order valence-corrected chi connectivity index (χ4v) is 10.8. The van der Waals surface area contributed by atoms with Gasteiger partial charge in [0, 0.05) is 38.5 Å². The summed E-state index contributed by atoms with van der Waals surface area (Å²) in [6.45, 7) is 9.29. The van der Waals surface area contributed by atoms with E-state index in [2.05, 4.69) is 30.7 Å². The van der Waals surface area contributed by atoms with Gasteiger partial charge in [0.25, 0.3) is 0 Å². The Morgan fingerprint density at radius 3 is 2.59 bits per heavy atom. The fourth-order valence-electron chi connectivity index (χ4n) is 10.8. The Morgan fingerprint density at radius 2 is 1.82 bits per heavy atom. The molecule has 5 fully saturated rings. The first-order valence-electron chi connectivity index (χ1n) is 16.3. The third-order valence-electron chi connectivity index (χ3n) is 12.9. The monoisotopic (exact) mass is 536 g/mol. The van der Waals surface area contributed by atoms with E-state index in [0.29, 0.717) is 29.1 Å². The molecule has 9 atom stereocenters. The first-order chi connectivity index (χ1) is 18.8. The van der Waals surface area contributed by atoms with Crippen molar-refractivity contribution in [2.24, 2.45) is 46.3 Å². The molecular weight excluding hydrogens is 484 g/mol. The van der Waals surface area contributed by atoms with Crippen LogP contribution in [-0.4, -0.2) is 46.2 Å². The fraction of sp³-hybridized carbons (Fsp3) is 0.824. The zero-order chi connectivity index (χ0) is 27.2. The highest BCUT2D eigenvalue weighted by atomic mass is 16.5. The van der Waals surface area contributed by atoms with E-state index in [0.717, 1.165) is 80.5 Å². The lowest BCUT2D eigenvalue weighted by Crippen LogP contribution is -2.54. The molecule has 1 aliphatic heterocycles. The molecule has 4 saturated carbocycles. The largest absolute Gasteiger partial charge is 0.489 e. The number of carbonyl (C=O) groups is 1. The lowest BCUT2D eigenvalue weighted by Gasteiger charge is -2.61. The maximum absolute atomic E-state index is 13.2. The molecule has 0 aromatic carbocycles. The van der Waals surface area contributed by atoms with E-state index in [-0.39, 0.29) is 12.2 Å². The number of hydrogen-bond acceptors (Lipinski definition) is 4. The van der Waals surface area contributed by atoms with Crippen molar-refractivity contribution in [3.63, 3.8) is 0 Å². The first-order valence-corrected chi connectivity index (χ1v) is 16.3. The molecule has 5 aliphatic rings. The molecule has 0 unspecified atom stereocenters. The zero-order valence-electron chi connectivity index (χ0n) is 24.7. The van der Waals surface area contributed by atoms with Gasteiger partial charge in [-0.2, -0.15) is 0 Å². The van der Waals surface area contributed by atoms with Gasteiger partial charge < -0.3 is 14.7 Å². The number of carbonyl (C=O) groups excluding carboxylic acids is 1. The zero-order valence-corrected chi connectivity index (χ0v) is 24.7. The quantitative estimate of drug-likeness (QED) is 0.430. The molecule has 1 amide bonds. The summed E-state index contributed by atoms with van der Waals surface area (Å²) in [7, 11) is 0. The molecule has 1 aromatic heterocycles. The maximum atomic E-state index is 13.2. The van der Waals surface area contributed by atoms with E-state index in [1.807, 2.05) is 12.1 Å². The van der Waals surface area contributed by atoms with Crippen molar-refractivity contribution in [3.05, 3.63) is 24.5 Å². The molecular formula is C34H52N2O3. The summed E-state index contributed by atoms with van der Waals surface area (Å²) in [5, 5.41) is 10.3. The van der Waals surface area contributed by atoms with Crippen LogP contribution in [0.5, 0.6) is 5.75 Å². The second-order valence-corrected chi connectivity index (χ2v) is 14.7. The number of rotatable bonds is 6. The van der Waals surface area contributed by atoms with Gasteiger partial charge in [0.2, 0.25) is 5.91 Å². The minimum Gasteiger partial charge on any atom is -0.489 e. The van der Waals surface area contributed by atoms with Crippen LogP contribution in [0.25, 0.3) is 0 Å². The van der Waals surface area contributed by atoms with Crippen LogP contribution in [0.15, 0.2) is 24.5 Å². The van der Waals surface area contributed by atoms with E-state index in [4.69, 9.17) is 4.74 Å². The summed E-state index contributed by atoms with van der Waals surface area (Å²) in [6.07, 6.45) is 18.7. The molecule has 2 heterocycles. The highest BCUT2D eigenvalue weighted by Crippen LogP contribution is 2.68. The van der Waals surface area contributed by atoms with Crippen molar-refractivity contribution >= 4 is 5.91 Å². The SMILES string of the molecule is C[C@H](CCC(=O)N1CCC(Oc2cccnc2)CC1)[C@H]1CC[C@H]2[C@@H]3CC[C@H]4C[C@@H](O)CC[C@]4(C)[C@H]3CC[C@]12C. The van der Waals surface area contributed by atoms with Crippen LogP contribution in [0.4, 0.5) is 0 Å². The molecule has 0 spiro atoms. The standard InChI is InChI=1S/C34H52N2O3/c1-23(6-11-32(38)36-19-14-26(15-20-36)39-27-5-4-18-35-22-27)29-9-10-30-28-8-7-24-21-25(37)12-16-33(24,2)31(28)13-17-34(29,30)3/h4-5,18,22-26,28-31,37H,6-17,19-21H2,1-3H3/t23-,24+,25+,28+,29-,30+,31+,33+,34-/m1/s1. The van der Waals surface area contributed by atoms with Crippen molar-refractivity contribution in [2.75, 3.05) is 13.1 Å². The van der Waals surface area contributed by atoms with E-state index in [9.17, 15) is 9.90 Å². The summed E-state index contributed by atoms with van der Waals surface area (Å²) in [5.41, 5.74) is 0.902. The van der Waals surface area contributed by atoms with Gasteiger partial charge in [0.05, 0.1) is 12.3 Å². The number of aliphatic hydroxyl groups is 1. The number of amides is 1. The molecule has 0 bridgehead atoms. The summed E-state index contributed by atoms with van der Waals surface area (Å²) in [5.74, 6) is 5.89. The summed E-state index contributed by atoms with van der Waals surface area (Å²) < 4.78 is 6.08. The van der Waals surface area contributed by atoms with Crippen molar-refractivity contribution in [1.29, 1.82) is 0 Å². The Bertz CT molecular complexity index is 993. The molecule has 1 N–H and O–H groups in total. The molecule has 6 rings (SSSR count). The topological polar surface area (TPSA) is 62.7 Å². The molecule has 39 heavy (non-hydrogen) atoms. The molecule has 1 saturated heterocycles. The molecule has 5 nitrogen and oxygen atoms in total.